The molecule has 0 atom stereocenters. The Morgan fingerprint density at radius 2 is 2.06 bits per heavy atom. The fourth-order valence-corrected chi connectivity index (χ4v) is 2.01. The Morgan fingerprint density at radius 3 is 2.83 bits per heavy atom. The number of nitrogens with zero attached hydrogens (tertiary/aromatic N) is 4. The lowest BCUT2D eigenvalue weighted by Crippen LogP contribution is -1.90. The molecule has 0 aliphatic carbocycles. The quantitative estimate of drug-likeness (QED) is 0.634. The van der Waals surface area contributed by atoms with Crippen LogP contribution in [0.3, 0.4) is 0 Å². The van der Waals surface area contributed by atoms with Crippen molar-refractivity contribution >= 4 is 22.5 Å². The fraction of sp³-hybridized carbons (Fsp3) is 0.0833. The number of benzene rings is 1. The van der Waals surface area contributed by atoms with Gasteiger partial charge in [-0.3, -0.25) is 4.68 Å². The summed E-state index contributed by atoms with van der Waals surface area (Å²) >= 11 is 5.82. The average Bonchev–Trinajstić information content (AvgIpc) is 2.65. The van der Waals surface area contributed by atoms with Crippen LogP contribution in [0.15, 0.2) is 30.6 Å². The van der Waals surface area contributed by atoms with Gasteiger partial charge in [-0.1, -0.05) is 17.7 Å². The van der Waals surface area contributed by atoms with E-state index in [1.54, 1.807) is 25.2 Å². The normalized spacial score (nSPS) is 11.1. The molecule has 0 amide bonds. The average molecular weight is 263 g/mol. The molecule has 0 fully saturated rings. The van der Waals surface area contributed by atoms with E-state index < -0.39 is 5.95 Å². The number of rotatable bonds is 1. The molecule has 0 aliphatic rings. The molecule has 0 saturated carbocycles. The first-order chi connectivity index (χ1) is 8.65. The van der Waals surface area contributed by atoms with Crippen molar-refractivity contribution in [2.75, 3.05) is 0 Å². The van der Waals surface area contributed by atoms with Crippen LogP contribution in [0.4, 0.5) is 4.39 Å². The predicted molar refractivity (Wildman–Crippen MR) is 66.7 cm³/mol. The highest BCUT2D eigenvalue weighted by Gasteiger charge is 2.09. The van der Waals surface area contributed by atoms with E-state index in [4.69, 9.17) is 11.6 Å². The van der Waals surface area contributed by atoms with E-state index in [2.05, 4.69) is 15.1 Å². The minimum atomic E-state index is -0.472. The summed E-state index contributed by atoms with van der Waals surface area (Å²) in [5.74, 6) is -0.472. The van der Waals surface area contributed by atoms with Gasteiger partial charge in [-0.05, 0) is 12.1 Å². The molecule has 90 valence electrons. The van der Waals surface area contributed by atoms with Crippen LogP contribution in [0.5, 0.6) is 0 Å². The second-order valence-electron chi connectivity index (χ2n) is 3.87. The van der Waals surface area contributed by atoms with Crippen LogP contribution in [0, 0.1) is 5.95 Å². The molecule has 0 radical (unpaired) electrons. The molecule has 18 heavy (non-hydrogen) atoms. The van der Waals surface area contributed by atoms with E-state index in [1.807, 2.05) is 6.07 Å². The number of hydrogen-bond donors (Lipinski definition) is 0. The molecule has 3 aromatic rings. The second-order valence-corrected chi connectivity index (χ2v) is 4.26. The van der Waals surface area contributed by atoms with Gasteiger partial charge in [-0.25, -0.2) is 9.97 Å². The number of halogens is 2. The van der Waals surface area contributed by atoms with Gasteiger partial charge in [-0.15, -0.1) is 5.10 Å². The van der Waals surface area contributed by atoms with Crippen molar-refractivity contribution in [3.63, 3.8) is 0 Å². The molecule has 2 aromatic heterocycles. The van der Waals surface area contributed by atoms with Gasteiger partial charge in [-0.2, -0.15) is 4.39 Å². The van der Waals surface area contributed by atoms with Crippen LogP contribution in [-0.4, -0.2) is 19.7 Å². The predicted octanol–water partition coefficient (Wildman–Crippen LogP) is 2.82. The Balaban J connectivity index is 2.22. The Hall–Kier alpha value is -2.01. The molecular weight excluding hydrogens is 255 g/mol. The van der Waals surface area contributed by atoms with Crippen molar-refractivity contribution in [3.05, 3.63) is 41.7 Å². The molecule has 1 aromatic carbocycles. The Bertz CT molecular complexity index is 738. The van der Waals surface area contributed by atoms with Gasteiger partial charge in [0.1, 0.15) is 11.5 Å². The minimum absolute atomic E-state index is 0.372. The van der Waals surface area contributed by atoms with Crippen molar-refractivity contribution in [3.8, 4) is 11.3 Å². The molecule has 0 aliphatic heterocycles. The molecule has 2 heterocycles. The molecule has 0 bridgehead atoms. The monoisotopic (exact) mass is 262 g/mol. The molecule has 0 unspecified atom stereocenters. The maximum atomic E-state index is 13.4. The summed E-state index contributed by atoms with van der Waals surface area (Å²) in [7, 11) is 1.70. The first-order valence-corrected chi connectivity index (χ1v) is 5.63. The van der Waals surface area contributed by atoms with Crippen LogP contribution in [0.25, 0.3) is 22.2 Å². The van der Waals surface area contributed by atoms with Crippen molar-refractivity contribution in [1.82, 2.24) is 19.7 Å². The van der Waals surface area contributed by atoms with Crippen molar-refractivity contribution in [1.29, 1.82) is 0 Å². The summed E-state index contributed by atoms with van der Waals surface area (Å²) in [5.41, 5.74) is 2.24. The van der Waals surface area contributed by atoms with Crippen LogP contribution in [0.2, 0.25) is 5.15 Å². The van der Waals surface area contributed by atoms with E-state index in [0.717, 1.165) is 5.56 Å². The molecule has 0 N–H and O–H groups in total. The zero-order valence-corrected chi connectivity index (χ0v) is 10.2. The van der Waals surface area contributed by atoms with Crippen LogP contribution in [0.1, 0.15) is 0 Å². The number of aryl methyl sites for hydroxylation is 1. The summed E-state index contributed by atoms with van der Waals surface area (Å²) in [4.78, 5) is 7.96. The summed E-state index contributed by atoms with van der Waals surface area (Å²) < 4.78 is 14.9. The summed E-state index contributed by atoms with van der Waals surface area (Å²) in [5, 5.41) is 4.59. The topological polar surface area (TPSA) is 43.6 Å². The molecule has 3 rings (SSSR count). The SMILES string of the molecule is Cn1nc(F)c2ccc(-c3cc(Cl)ncn3)cc21. The summed E-state index contributed by atoms with van der Waals surface area (Å²) in [6.07, 6.45) is 1.39. The number of fused-ring (bicyclic) bond motifs is 1. The minimum Gasteiger partial charge on any atom is -0.265 e. The second kappa shape index (κ2) is 4.03. The largest absolute Gasteiger partial charge is 0.265 e. The van der Waals surface area contributed by atoms with E-state index in [9.17, 15) is 4.39 Å². The van der Waals surface area contributed by atoms with Gasteiger partial charge in [0.2, 0.25) is 5.95 Å². The lowest BCUT2D eigenvalue weighted by molar-refractivity contribution is 0.562. The maximum absolute atomic E-state index is 13.4. The smallest absolute Gasteiger partial charge is 0.240 e. The van der Waals surface area contributed by atoms with Crippen LogP contribution in [-0.2, 0) is 7.05 Å². The third kappa shape index (κ3) is 1.73. The maximum Gasteiger partial charge on any atom is 0.240 e. The van der Waals surface area contributed by atoms with Gasteiger partial charge in [0.05, 0.1) is 16.6 Å². The van der Waals surface area contributed by atoms with E-state index in [1.165, 1.54) is 11.0 Å². The first kappa shape index (κ1) is 11.1. The summed E-state index contributed by atoms with van der Waals surface area (Å²) in [6.45, 7) is 0. The van der Waals surface area contributed by atoms with Crippen LogP contribution >= 0.6 is 11.6 Å². The Morgan fingerprint density at radius 1 is 1.22 bits per heavy atom. The highest BCUT2D eigenvalue weighted by molar-refractivity contribution is 6.29. The lowest BCUT2D eigenvalue weighted by Gasteiger charge is -2.01. The zero-order chi connectivity index (χ0) is 12.7. The van der Waals surface area contributed by atoms with E-state index in [0.29, 0.717) is 21.7 Å². The lowest BCUT2D eigenvalue weighted by atomic mass is 10.1. The first-order valence-electron chi connectivity index (χ1n) is 5.25. The van der Waals surface area contributed by atoms with Gasteiger partial charge < -0.3 is 0 Å². The zero-order valence-electron chi connectivity index (χ0n) is 9.43. The standard InChI is InChI=1S/C12H8ClFN4/c1-18-10-4-7(2-3-8(10)12(14)17-18)9-5-11(13)16-6-15-9/h2-6H,1H3. The molecular formula is C12H8ClFN4. The highest BCUT2D eigenvalue weighted by atomic mass is 35.5. The van der Waals surface area contributed by atoms with Gasteiger partial charge in [0, 0.05) is 18.7 Å². The van der Waals surface area contributed by atoms with E-state index in [-0.39, 0.29) is 0 Å². The van der Waals surface area contributed by atoms with Crippen molar-refractivity contribution in [2.24, 2.45) is 7.05 Å². The van der Waals surface area contributed by atoms with E-state index >= 15 is 0 Å². The summed E-state index contributed by atoms with van der Waals surface area (Å²) in [6, 6.07) is 6.95. The molecule has 0 saturated heterocycles. The Labute approximate surface area is 107 Å². The van der Waals surface area contributed by atoms with Crippen molar-refractivity contribution < 1.29 is 4.39 Å². The van der Waals surface area contributed by atoms with Gasteiger partial charge in [0.25, 0.3) is 0 Å². The fourth-order valence-electron chi connectivity index (χ4n) is 1.86. The third-order valence-corrected chi connectivity index (χ3v) is 2.94. The van der Waals surface area contributed by atoms with Crippen LogP contribution < -0.4 is 0 Å². The van der Waals surface area contributed by atoms with Gasteiger partial charge >= 0.3 is 0 Å². The number of aromatic nitrogens is 4. The molecule has 0 spiro atoms. The van der Waals surface area contributed by atoms with Crippen molar-refractivity contribution in [2.45, 2.75) is 0 Å². The molecule has 4 nitrogen and oxygen atoms in total. The highest BCUT2D eigenvalue weighted by Crippen LogP contribution is 2.25. The number of hydrogen-bond acceptors (Lipinski definition) is 3. The molecule has 6 heteroatoms. The van der Waals surface area contributed by atoms with Gasteiger partial charge in [0.15, 0.2) is 0 Å². The third-order valence-electron chi connectivity index (χ3n) is 2.74. The Kier molecular flexibility index (Phi) is 2.48.